The number of fused-ring (bicyclic) bond motifs is 1. The van der Waals surface area contributed by atoms with Crippen molar-refractivity contribution in [2.24, 2.45) is 5.73 Å². The van der Waals surface area contributed by atoms with E-state index in [-0.39, 0.29) is 17.8 Å². The van der Waals surface area contributed by atoms with Crippen molar-refractivity contribution in [2.75, 3.05) is 5.32 Å². The zero-order valence-corrected chi connectivity index (χ0v) is 15.7. The summed E-state index contributed by atoms with van der Waals surface area (Å²) >= 11 is 0. The number of amides is 1. The van der Waals surface area contributed by atoms with Crippen LogP contribution < -0.4 is 11.1 Å². The van der Waals surface area contributed by atoms with E-state index in [1.165, 1.54) is 12.1 Å². The molecule has 2 aromatic carbocycles. The highest BCUT2D eigenvalue weighted by Gasteiger charge is 2.46. The first-order valence-corrected chi connectivity index (χ1v) is 9.17. The van der Waals surface area contributed by atoms with E-state index in [0.717, 1.165) is 46.5 Å². The molecule has 3 N–H and O–H groups in total. The summed E-state index contributed by atoms with van der Waals surface area (Å²) in [6.07, 6.45) is 1.45. The van der Waals surface area contributed by atoms with Crippen LogP contribution >= 0.6 is 0 Å². The lowest BCUT2D eigenvalue weighted by Crippen LogP contribution is -2.37. The van der Waals surface area contributed by atoms with Gasteiger partial charge in [-0.2, -0.15) is 0 Å². The van der Waals surface area contributed by atoms with Crippen LogP contribution in [0.1, 0.15) is 38.3 Å². The van der Waals surface area contributed by atoms with Crippen molar-refractivity contribution in [3.05, 3.63) is 47.8 Å². The highest BCUT2D eigenvalue weighted by molar-refractivity contribution is 6.00. The molecule has 1 aliphatic carbocycles. The lowest BCUT2D eigenvalue weighted by atomic mass is 10.1. The number of nitrogens with one attached hydrogen (secondary N) is 1. The summed E-state index contributed by atoms with van der Waals surface area (Å²) in [5.74, 6) is 0.369. The van der Waals surface area contributed by atoms with Crippen molar-refractivity contribution in [1.82, 2.24) is 9.55 Å². The highest BCUT2D eigenvalue weighted by Crippen LogP contribution is 2.35. The number of imidazole rings is 1. The molecule has 1 aromatic heterocycles. The molecule has 1 fully saturated rings. The number of carbonyl (C=O) groups is 1. The number of carbonyl (C=O) groups excluding carboxylic acids is 1. The van der Waals surface area contributed by atoms with Crippen molar-refractivity contribution in [2.45, 2.75) is 45.2 Å². The molecule has 0 radical (unpaired) electrons. The minimum Gasteiger partial charge on any atom is -0.324 e. The second kappa shape index (κ2) is 6.16. The van der Waals surface area contributed by atoms with E-state index in [2.05, 4.69) is 5.32 Å². The van der Waals surface area contributed by atoms with E-state index in [0.29, 0.717) is 0 Å². The Hall–Kier alpha value is -2.73. The van der Waals surface area contributed by atoms with E-state index >= 15 is 0 Å². The van der Waals surface area contributed by atoms with Crippen molar-refractivity contribution in [3.63, 3.8) is 0 Å². The average Bonchev–Trinajstić information content (AvgIpc) is 3.25. The number of nitrogens with zero attached hydrogens (tertiary/aromatic N) is 2. The predicted molar refractivity (Wildman–Crippen MR) is 105 cm³/mol. The number of hydrogen-bond acceptors (Lipinski definition) is 3. The topological polar surface area (TPSA) is 72.9 Å². The monoisotopic (exact) mass is 366 g/mol. The van der Waals surface area contributed by atoms with E-state index < -0.39 is 5.54 Å². The van der Waals surface area contributed by atoms with Gasteiger partial charge in [0.1, 0.15) is 11.6 Å². The van der Waals surface area contributed by atoms with Gasteiger partial charge in [-0.3, -0.25) is 4.79 Å². The van der Waals surface area contributed by atoms with Gasteiger partial charge in [0, 0.05) is 17.3 Å². The van der Waals surface area contributed by atoms with Crippen molar-refractivity contribution in [1.29, 1.82) is 0 Å². The van der Waals surface area contributed by atoms with Gasteiger partial charge in [-0.25, -0.2) is 9.37 Å². The van der Waals surface area contributed by atoms with Crippen LogP contribution in [0.4, 0.5) is 10.1 Å². The first kappa shape index (κ1) is 17.7. The minimum atomic E-state index is -0.708. The van der Waals surface area contributed by atoms with Crippen LogP contribution in [0.5, 0.6) is 0 Å². The normalized spacial score (nSPS) is 15.3. The molecule has 3 aromatic rings. The van der Waals surface area contributed by atoms with Crippen LogP contribution in [-0.2, 0) is 4.79 Å². The van der Waals surface area contributed by atoms with Gasteiger partial charge in [0.2, 0.25) is 5.91 Å². The number of benzene rings is 2. The van der Waals surface area contributed by atoms with Gasteiger partial charge < -0.3 is 15.6 Å². The minimum absolute atomic E-state index is 0.124. The van der Waals surface area contributed by atoms with E-state index in [1.807, 2.05) is 43.5 Å². The molecule has 1 aliphatic rings. The molecule has 4 rings (SSSR count). The molecule has 0 saturated heterocycles. The van der Waals surface area contributed by atoms with Gasteiger partial charge in [0.05, 0.1) is 16.6 Å². The zero-order valence-electron chi connectivity index (χ0n) is 15.7. The number of aryl methyl sites for hydroxylation is 1. The summed E-state index contributed by atoms with van der Waals surface area (Å²) in [4.78, 5) is 16.9. The second-order valence-electron chi connectivity index (χ2n) is 7.67. The SMILES string of the molecule is Cc1cc(-c2nc3ccc(F)cc3n2C(C)C)ccc1NC(=O)C1(N)CC1. The Bertz CT molecular complexity index is 1050. The molecular weight excluding hydrogens is 343 g/mol. The maximum atomic E-state index is 13.7. The second-order valence-corrected chi connectivity index (χ2v) is 7.67. The predicted octanol–water partition coefficient (Wildman–Crippen LogP) is 4.16. The van der Waals surface area contributed by atoms with Crippen LogP contribution in [0, 0.1) is 12.7 Å². The maximum absolute atomic E-state index is 13.7. The number of nitrogens with two attached hydrogens (primary N) is 1. The molecule has 27 heavy (non-hydrogen) atoms. The number of aromatic nitrogens is 2. The Morgan fingerprint density at radius 1 is 1.26 bits per heavy atom. The zero-order chi connectivity index (χ0) is 19.3. The van der Waals surface area contributed by atoms with E-state index in [1.54, 1.807) is 6.07 Å². The Morgan fingerprint density at radius 2 is 2.00 bits per heavy atom. The Labute approximate surface area is 157 Å². The Morgan fingerprint density at radius 3 is 2.63 bits per heavy atom. The fourth-order valence-electron chi connectivity index (χ4n) is 3.34. The van der Waals surface area contributed by atoms with Gasteiger partial charge in [0.25, 0.3) is 0 Å². The summed E-state index contributed by atoms with van der Waals surface area (Å²) in [5.41, 5.74) is 9.38. The van der Waals surface area contributed by atoms with Gasteiger partial charge in [0.15, 0.2) is 0 Å². The molecule has 1 amide bonds. The largest absolute Gasteiger partial charge is 0.324 e. The third kappa shape index (κ3) is 3.10. The fourth-order valence-corrected chi connectivity index (χ4v) is 3.34. The Balaban J connectivity index is 1.74. The quantitative estimate of drug-likeness (QED) is 0.728. The molecule has 0 unspecified atom stereocenters. The van der Waals surface area contributed by atoms with Gasteiger partial charge in [-0.15, -0.1) is 0 Å². The van der Waals surface area contributed by atoms with Gasteiger partial charge in [-0.1, -0.05) is 0 Å². The summed E-state index contributed by atoms with van der Waals surface area (Å²) in [5, 5.41) is 2.92. The van der Waals surface area contributed by atoms with Gasteiger partial charge in [-0.05, 0) is 75.6 Å². The first-order chi connectivity index (χ1) is 12.8. The fraction of sp³-hybridized carbons (Fsp3) is 0.333. The van der Waals surface area contributed by atoms with Crippen LogP contribution in [0.2, 0.25) is 0 Å². The van der Waals surface area contributed by atoms with E-state index in [4.69, 9.17) is 10.7 Å². The van der Waals surface area contributed by atoms with Crippen LogP contribution in [0.25, 0.3) is 22.4 Å². The molecule has 1 heterocycles. The van der Waals surface area contributed by atoms with Crippen molar-refractivity contribution < 1.29 is 9.18 Å². The lowest BCUT2D eigenvalue weighted by molar-refractivity contribution is -0.118. The molecular formula is C21H23FN4O. The van der Waals surface area contributed by atoms with Crippen LogP contribution in [0.3, 0.4) is 0 Å². The third-order valence-electron chi connectivity index (χ3n) is 5.14. The van der Waals surface area contributed by atoms with Crippen LogP contribution in [0.15, 0.2) is 36.4 Å². The molecule has 6 heteroatoms. The number of hydrogen-bond donors (Lipinski definition) is 2. The Kier molecular flexibility index (Phi) is 4.03. The molecule has 0 bridgehead atoms. The van der Waals surface area contributed by atoms with E-state index in [9.17, 15) is 9.18 Å². The highest BCUT2D eigenvalue weighted by atomic mass is 19.1. The molecule has 140 valence electrons. The number of halogens is 1. The summed E-state index contributed by atoms with van der Waals surface area (Å²) in [6.45, 7) is 6.04. The van der Waals surface area contributed by atoms with Crippen molar-refractivity contribution in [3.8, 4) is 11.4 Å². The number of rotatable bonds is 4. The molecule has 0 spiro atoms. The third-order valence-corrected chi connectivity index (χ3v) is 5.14. The van der Waals surface area contributed by atoms with Gasteiger partial charge >= 0.3 is 0 Å². The lowest BCUT2D eigenvalue weighted by Gasteiger charge is -2.16. The first-order valence-electron chi connectivity index (χ1n) is 9.17. The summed E-state index contributed by atoms with van der Waals surface area (Å²) < 4.78 is 15.8. The standard InChI is InChI=1S/C21H23FN4O/c1-12(2)26-18-11-15(22)5-7-17(18)24-19(26)14-4-6-16(13(3)10-14)25-20(27)21(23)8-9-21/h4-7,10-12H,8-9,23H2,1-3H3,(H,25,27). The summed E-state index contributed by atoms with van der Waals surface area (Å²) in [6, 6.07) is 10.6. The molecule has 5 nitrogen and oxygen atoms in total. The average molecular weight is 366 g/mol. The van der Waals surface area contributed by atoms with Crippen LogP contribution in [-0.4, -0.2) is 21.0 Å². The maximum Gasteiger partial charge on any atom is 0.244 e. The van der Waals surface area contributed by atoms with Crippen molar-refractivity contribution >= 4 is 22.6 Å². The number of anilines is 1. The molecule has 0 atom stereocenters. The molecule has 0 aliphatic heterocycles. The smallest absolute Gasteiger partial charge is 0.244 e. The molecule has 1 saturated carbocycles. The summed E-state index contributed by atoms with van der Waals surface area (Å²) in [7, 11) is 0.